The number of hydrogen-bond donors (Lipinski definition) is 6. The summed E-state index contributed by atoms with van der Waals surface area (Å²) in [4.78, 5) is 78.5. The van der Waals surface area contributed by atoms with E-state index >= 15 is 0 Å². The van der Waals surface area contributed by atoms with Gasteiger partial charge in [-0.2, -0.15) is 10.5 Å². The zero-order chi connectivity index (χ0) is 58.0. The van der Waals surface area contributed by atoms with Crippen LogP contribution in [0.4, 0.5) is 5.69 Å². The lowest BCUT2D eigenvalue weighted by atomic mass is 9.97. The lowest BCUT2D eigenvalue weighted by Gasteiger charge is -2.15. The van der Waals surface area contributed by atoms with Gasteiger partial charge in [0.25, 0.3) is 0 Å². The maximum atomic E-state index is 12.3. The zero-order valence-corrected chi connectivity index (χ0v) is 45.7. The minimum absolute atomic E-state index is 0.0359. The number of nitriles is 2. The molecule has 0 bridgehead atoms. The number of rotatable bonds is 19. The summed E-state index contributed by atoms with van der Waals surface area (Å²) in [5.41, 5.74) is 5.73. The van der Waals surface area contributed by atoms with E-state index in [4.69, 9.17) is 20.4 Å². The van der Waals surface area contributed by atoms with Crippen molar-refractivity contribution >= 4 is 75.4 Å². The van der Waals surface area contributed by atoms with E-state index < -0.39 is 15.6 Å². The van der Waals surface area contributed by atoms with Crippen LogP contribution in [0.5, 0.6) is 5.75 Å². The Morgan fingerprint density at radius 3 is 1.83 bits per heavy atom. The number of hydrogen-bond acceptors (Lipinski definition) is 16. The first kappa shape index (κ1) is 73.5. The summed E-state index contributed by atoms with van der Waals surface area (Å²) in [5, 5.41) is 39.5. The van der Waals surface area contributed by atoms with Crippen LogP contribution in [0.3, 0.4) is 0 Å². The smallest absolute Gasteiger partial charge is 0.500 e. The van der Waals surface area contributed by atoms with Crippen molar-refractivity contribution in [3.8, 4) is 17.9 Å². The number of nitrogens with two attached hydrogens (primary N) is 1. The fourth-order valence-corrected chi connectivity index (χ4v) is 6.25. The van der Waals surface area contributed by atoms with Gasteiger partial charge < -0.3 is 45.9 Å². The second kappa shape index (κ2) is 48.2. The molecule has 1 fully saturated rings. The molecule has 75 heavy (non-hydrogen) atoms. The monoisotopic (exact) mass is 1080 g/mol. The number of nitrogens with one attached hydrogen (secondary N) is 5. The molecule has 1 aromatic rings. The molecule has 2 aliphatic rings. The number of amides is 7. The number of nitrogens with zero attached hydrogens (tertiary/aromatic N) is 4. The highest BCUT2D eigenvalue weighted by Crippen LogP contribution is 2.31. The second-order valence-electron chi connectivity index (χ2n) is 13.6. The molecule has 1 aliphatic carbocycles. The molecular weight excluding hydrogens is 1010 g/mol. The van der Waals surface area contributed by atoms with Gasteiger partial charge in [-0.1, -0.05) is 82.2 Å². The number of anilines is 1. The van der Waals surface area contributed by atoms with Gasteiger partial charge in [0.1, 0.15) is 19.1 Å². The number of benzene rings is 1. The van der Waals surface area contributed by atoms with E-state index in [0.717, 1.165) is 23.7 Å². The van der Waals surface area contributed by atoms with Gasteiger partial charge in [-0.3, -0.25) is 33.6 Å². The molecule has 7 N–H and O–H groups in total. The van der Waals surface area contributed by atoms with Gasteiger partial charge in [0.15, 0.2) is 0 Å². The fraction of sp³-hybridized carbons (Fsp3) is 0.373. The summed E-state index contributed by atoms with van der Waals surface area (Å²) in [6.07, 6.45) is 19.1. The standard InChI is InChI=1S/C15H14N2O6S2.C10H12N2O.2C7H11NO.C5H10N2O2.C5H9NO.C2H7N/c1-2-24-13-10-14(18)17(15(13)19)11-5-3-6-12(9-11)23-25(20,21)22-8-4-7-16;1-2-12-10(13)9-5-3-4-8(6-9)7-11;2*1-3-5-6-7(9)8-4-2;1-3-6-5(8)4-7(2)9;1-3-5(7)6-4-2;1-2-3/h3-6,8-9,13H,2,10H2,1H3;3,5-6,9H,2,4H2,1H3,(H,12,13);2*3,5-6H,1,4H2,2H3,(H,8,9);4H,3H2,1-2H3,(H,6,8);3H,1,4H2,2H3,(H,6,7);2-3H2,1H3/b8-4+;;2*6-5+;7-4+;;. The maximum absolute atomic E-state index is 12.3. The van der Waals surface area contributed by atoms with Crippen LogP contribution in [0.1, 0.15) is 61.3 Å². The molecule has 0 spiro atoms. The number of imide groups is 1. The Hall–Kier alpha value is -8.06. The van der Waals surface area contributed by atoms with Gasteiger partial charge in [0, 0.05) is 69.4 Å². The van der Waals surface area contributed by atoms with Crippen molar-refractivity contribution in [1.29, 1.82) is 10.5 Å². The van der Waals surface area contributed by atoms with E-state index in [9.17, 15) is 47.2 Å². The summed E-state index contributed by atoms with van der Waals surface area (Å²) in [7, 11) is -3.16. The lowest BCUT2D eigenvalue weighted by Crippen LogP contribution is -2.31. The summed E-state index contributed by atoms with van der Waals surface area (Å²) in [6.45, 7) is 27.1. The normalized spacial score (nSPS) is 14.0. The molecule has 3 rings (SSSR count). The van der Waals surface area contributed by atoms with Crippen molar-refractivity contribution < 1.29 is 55.1 Å². The zero-order valence-electron chi connectivity index (χ0n) is 44.0. The summed E-state index contributed by atoms with van der Waals surface area (Å²) < 4.78 is 32.8. The molecule has 24 heteroatoms. The van der Waals surface area contributed by atoms with Crippen LogP contribution in [-0.4, -0.2) is 118 Å². The molecular formula is C51H74N10O12S2. The SMILES string of the molecule is C=C/C=C/C(=O)NCC.C=C/C=C/C(=O)NCC.C=CC(=O)NCC.CCN.CCNC(=O)/C=[N+](\C)[O-].CCNC(=O)C1C=CCC(C#N)=C1.CCSC1CC(=O)N(c2cccc(OS(=O)(=O)O/C=C/C#N)c2)C1=O. The van der Waals surface area contributed by atoms with E-state index in [0.29, 0.717) is 61.5 Å². The van der Waals surface area contributed by atoms with E-state index in [1.807, 2.05) is 53.7 Å². The number of hydroxylamine groups is 1. The molecule has 1 aliphatic heterocycles. The van der Waals surface area contributed by atoms with E-state index in [-0.39, 0.29) is 65.1 Å². The molecule has 1 heterocycles. The minimum atomic E-state index is -4.42. The molecule has 412 valence electrons. The Morgan fingerprint density at radius 2 is 1.39 bits per heavy atom. The van der Waals surface area contributed by atoms with Crippen LogP contribution in [0.15, 0.2) is 123 Å². The predicted octanol–water partition coefficient (Wildman–Crippen LogP) is 4.23. The first-order valence-electron chi connectivity index (χ1n) is 23.2. The molecule has 0 aromatic heterocycles. The summed E-state index contributed by atoms with van der Waals surface area (Å²) in [5.74, 6) is -1.03. The molecule has 2 unspecified atom stereocenters. The fourth-order valence-electron chi connectivity index (χ4n) is 4.77. The number of carbonyl (C=O) groups is 7. The van der Waals surface area contributed by atoms with E-state index in [2.05, 4.69) is 56.6 Å². The highest BCUT2D eigenvalue weighted by molar-refractivity contribution is 8.00. The van der Waals surface area contributed by atoms with Gasteiger partial charge in [-0.05, 0) is 65.1 Å². The molecule has 1 saturated heterocycles. The number of allylic oxidation sites excluding steroid dienone is 7. The Balaban J connectivity index is -0.000000429. The van der Waals surface area contributed by atoms with Crippen LogP contribution in [0, 0.1) is 33.8 Å². The van der Waals surface area contributed by atoms with Crippen molar-refractivity contribution in [3.05, 3.63) is 128 Å². The molecule has 7 amide bonds. The van der Waals surface area contributed by atoms with Gasteiger partial charge in [0.2, 0.25) is 41.7 Å². The van der Waals surface area contributed by atoms with E-state index in [1.54, 1.807) is 43.4 Å². The average Bonchev–Trinajstić information content (AvgIpc) is 3.65. The Labute approximate surface area is 446 Å². The Morgan fingerprint density at radius 1 is 0.867 bits per heavy atom. The quantitative estimate of drug-likeness (QED) is 0.0108. The van der Waals surface area contributed by atoms with Crippen LogP contribution >= 0.6 is 11.8 Å². The summed E-state index contributed by atoms with van der Waals surface area (Å²) >= 11 is 1.38. The van der Waals surface area contributed by atoms with Gasteiger partial charge in [-0.25, -0.2) is 9.64 Å². The number of likely N-dealkylation sites (N-methyl/N-ethyl adjacent to an activating group) is 3. The number of thioether (sulfide) groups is 1. The second-order valence-corrected chi connectivity index (χ2v) is 16.3. The van der Waals surface area contributed by atoms with Crippen molar-refractivity contribution in [3.63, 3.8) is 0 Å². The third-order valence-corrected chi connectivity index (χ3v) is 9.43. The Kier molecular flexibility index (Phi) is 47.2. The lowest BCUT2D eigenvalue weighted by molar-refractivity contribution is -0.416. The van der Waals surface area contributed by atoms with Gasteiger partial charge >= 0.3 is 16.3 Å². The third kappa shape index (κ3) is 41.1. The molecule has 2 atom stereocenters. The van der Waals surface area contributed by atoms with Crippen molar-refractivity contribution in [2.45, 2.75) is 66.6 Å². The minimum Gasteiger partial charge on any atom is -0.624 e. The van der Waals surface area contributed by atoms with Crippen LogP contribution in [0.25, 0.3) is 0 Å². The molecule has 0 radical (unpaired) electrons. The van der Waals surface area contributed by atoms with E-state index in [1.165, 1.54) is 61.3 Å². The van der Waals surface area contributed by atoms with Crippen molar-refractivity contribution in [2.75, 3.05) is 57.0 Å². The van der Waals surface area contributed by atoms with Crippen molar-refractivity contribution in [2.24, 2.45) is 11.7 Å². The highest BCUT2D eigenvalue weighted by Gasteiger charge is 2.39. The van der Waals surface area contributed by atoms with Crippen molar-refractivity contribution in [1.82, 2.24) is 26.6 Å². The van der Waals surface area contributed by atoms with Gasteiger partial charge in [-0.15, -0.1) is 20.2 Å². The first-order valence-corrected chi connectivity index (χ1v) is 25.6. The third-order valence-electron chi connectivity index (χ3n) is 7.58. The average molecular weight is 1080 g/mol. The first-order chi connectivity index (χ1) is 35.7. The van der Waals surface area contributed by atoms with Gasteiger partial charge in [0.05, 0.1) is 35.1 Å². The number of carbonyl (C=O) groups excluding carboxylic acids is 7. The summed E-state index contributed by atoms with van der Waals surface area (Å²) in [6, 6.07) is 9.17. The molecule has 0 saturated carbocycles. The van der Waals surface area contributed by atoms with Crippen LogP contribution in [-0.2, 0) is 48.1 Å². The topological polar surface area (TPSA) is 335 Å². The largest absolute Gasteiger partial charge is 0.624 e. The highest BCUT2D eigenvalue weighted by atomic mass is 32.3. The van der Waals surface area contributed by atoms with Crippen LogP contribution in [0.2, 0.25) is 0 Å². The molecule has 22 nitrogen and oxygen atoms in total. The van der Waals surface area contributed by atoms with Crippen LogP contribution < -0.4 is 41.4 Å². The predicted molar refractivity (Wildman–Crippen MR) is 294 cm³/mol. The molecule has 1 aromatic carbocycles. The maximum Gasteiger partial charge on any atom is 0.500 e. The Bertz CT molecular complexity index is 2310.